The summed E-state index contributed by atoms with van der Waals surface area (Å²) in [6, 6.07) is 7.55. The Morgan fingerprint density at radius 2 is 2.00 bits per heavy atom. The lowest BCUT2D eigenvalue weighted by molar-refractivity contribution is -0.274. The summed E-state index contributed by atoms with van der Waals surface area (Å²) in [7, 11) is 0. The first-order valence-corrected chi connectivity index (χ1v) is 6.53. The number of nitrogens with one attached hydrogen (secondary N) is 1. The minimum Gasteiger partial charge on any atom is -0.469 e. The van der Waals surface area contributed by atoms with Crippen LogP contribution in [0.15, 0.2) is 41.0 Å². The van der Waals surface area contributed by atoms with Gasteiger partial charge in [0.25, 0.3) is 0 Å². The quantitative estimate of drug-likeness (QED) is 0.899. The Morgan fingerprint density at radius 1 is 1.24 bits per heavy atom. The Morgan fingerprint density at radius 3 is 2.57 bits per heavy atom. The molecule has 0 aliphatic carbocycles. The summed E-state index contributed by atoms with van der Waals surface area (Å²) in [6.45, 7) is 4.41. The molecule has 1 unspecified atom stereocenters. The number of furan rings is 1. The van der Waals surface area contributed by atoms with Crippen LogP contribution >= 0.6 is 0 Å². The third kappa shape index (κ3) is 4.26. The van der Waals surface area contributed by atoms with Gasteiger partial charge in [-0.05, 0) is 37.2 Å². The highest BCUT2D eigenvalue weighted by Crippen LogP contribution is 2.29. The fourth-order valence-electron chi connectivity index (χ4n) is 2.14. The lowest BCUT2D eigenvalue weighted by atomic mass is 10.0. The van der Waals surface area contributed by atoms with E-state index in [1.54, 1.807) is 12.3 Å². The maximum absolute atomic E-state index is 12.3. The molecule has 2 aromatic rings. The molecule has 0 aliphatic heterocycles. The normalized spacial score (nSPS) is 13.2. The fourth-order valence-corrected chi connectivity index (χ4v) is 2.14. The van der Waals surface area contributed by atoms with E-state index < -0.39 is 6.36 Å². The van der Waals surface area contributed by atoms with E-state index in [2.05, 4.69) is 10.1 Å². The van der Waals surface area contributed by atoms with Crippen LogP contribution in [0, 0.1) is 6.92 Å². The van der Waals surface area contributed by atoms with Gasteiger partial charge in [0, 0.05) is 5.56 Å². The van der Waals surface area contributed by atoms with Crippen LogP contribution in [0.3, 0.4) is 0 Å². The topological polar surface area (TPSA) is 34.4 Å². The number of ether oxygens (including phenoxy) is 1. The molecule has 1 atom stereocenters. The molecular weight excluding hydrogens is 283 g/mol. The monoisotopic (exact) mass is 299 g/mol. The fraction of sp³-hybridized carbons (Fsp3) is 0.333. The van der Waals surface area contributed by atoms with E-state index in [0.717, 1.165) is 11.3 Å². The lowest BCUT2D eigenvalue weighted by Crippen LogP contribution is -2.22. The van der Waals surface area contributed by atoms with Crippen LogP contribution < -0.4 is 10.1 Å². The van der Waals surface area contributed by atoms with Crippen molar-refractivity contribution in [1.82, 2.24) is 5.32 Å². The van der Waals surface area contributed by atoms with Crippen molar-refractivity contribution in [3.63, 3.8) is 0 Å². The molecule has 2 rings (SSSR count). The van der Waals surface area contributed by atoms with E-state index in [1.807, 2.05) is 19.9 Å². The minimum atomic E-state index is -4.70. The van der Waals surface area contributed by atoms with Gasteiger partial charge >= 0.3 is 6.36 Å². The van der Waals surface area contributed by atoms with E-state index in [0.29, 0.717) is 12.1 Å². The van der Waals surface area contributed by atoms with Crippen molar-refractivity contribution < 1.29 is 22.3 Å². The number of hydrogen-bond acceptors (Lipinski definition) is 3. The van der Waals surface area contributed by atoms with Gasteiger partial charge in [0.05, 0.1) is 12.3 Å². The molecular formula is C15H16F3NO2. The van der Waals surface area contributed by atoms with Crippen LogP contribution in [0.5, 0.6) is 5.75 Å². The second-order valence-electron chi connectivity index (χ2n) is 4.60. The summed E-state index contributed by atoms with van der Waals surface area (Å²) in [5.74, 6) is 0.513. The van der Waals surface area contributed by atoms with Crippen LogP contribution in [0.2, 0.25) is 0 Å². The zero-order chi connectivity index (χ0) is 15.5. The maximum atomic E-state index is 12.3. The van der Waals surface area contributed by atoms with Crippen LogP contribution in [-0.4, -0.2) is 12.9 Å². The van der Waals surface area contributed by atoms with Gasteiger partial charge in [0.15, 0.2) is 0 Å². The number of aryl methyl sites for hydroxylation is 1. The minimum absolute atomic E-state index is 0.233. The van der Waals surface area contributed by atoms with Crippen LogP contribution in [0.1, 0.15) is 29.9 Å². The maximum Gasteiger partial charge on any atom is 0.573 e. The Bertz CT molecular complexity index is 593. The molecule has 0 aliphatic rings. The van der Waals surface area contributed by atoms with Gasteiger partial charge in [-0.25, -0.2) is 0 Å². The highest BCUT2D eigenvalue weighted by Gasteiger charge is 2.31. The molecule has 114 valence electrons. The zero-order valence-corrected chi connectivity index (χ0v) is 11.7. The average molecular weight is 299 g/mol. The predicted molar refractivity (Wildman–Crippen MR) is 72.1 cm³/mol. The molecule has 0 radical (unpaired) electrons. The van der Waals surface area contributed by atoms with E-state index in [1.165, 1.54) is 18.2 Å². The first-order chi connectivity index (χ1) is 9.89. The molecule has 0 saturated heterocycles. The molecule has 0 saturated carbocycles. The molecule has 0 fully saturated rings. The molecule has 21 heavy (non-hydrogen) atoms. The first-order valence-electron chi connectivity index (χ1n) is 6.53. The van der Waals surface area contributed by atoms with Crippen molar-refractivity contribution in [1.29, 1.82) is 0 Å². The smallest absolute Gasteiger partial charge is 0.469 e. The largest absolute Gasteiger partial charge is 0.573 e. The molecule has 3 nitrogen and oxygen atoms in total. The Kier molecular flexibility index (Phi) is 4.57. The van der Waals surface area contributed by atoms with Crippen molar-refractivity contribution in [2.75, 3.05) is 6.54 Å². The SMILES string of the molecule is CCNC(c1cccc(OC(F)(F)F)c1)c1coc(C)c1. The van der Waals surface area contributed by atoms with Gasteiger partial charge in [-0.15, -0.1) is 13.2 Å². The summed E-state index contributed by atoms with van der Waals surface area (Å²) in [6.07, 6.45) is -3.10. The van der Waals surface area contributed by atoms with Crippen LogP contribution in [0.4, 0.5) is 13.2 Å². The number of halogens is 3. The third-order valence-electron chi connectivity index (χ3n) is 2.92. The molecule has 1 N–H and O–H groups in total. The molecule has 1 heterocycles. The van der Waals surface area contributed by atoms with E-state index in [-0.39, 0.29) is 11.8 Å². The van der Waals surface area contributed by atoms with Gasteiger partial charge in [-0.1, -0.05) is 19.1 Å². The van der Waals surface area contributed by atoms with Crippen molar-refractivity contribution in [2.24, 2.45) is 0 Å². The average Bonchev–Trinajstić information content (AvgIpc) is 2.80. The molecule has 6 heteroatoms. The van der Waals surface area contributed by atoms with Gasteiger partial charge in [0.2, 0.25) is 0 Å². The molecule has 0 bridgehead atoms. The number of rotatable bonds is 5. The van der Waals surface area contributed by atoms with E-state index >= 15 is 0 Å². The number of alkyl halides is 3. The predicted octanol–water partition coefficient (Wildman–Crippen LogP) is 4.19. The van der Waals surface area contributed by atoms with Crippen molar-refractivity contribution in [3.05, 3.63) is 53.5 Å². The van der Waals surface area contributed by atoms with Crippen LogP contribution in [-0.2, 0) is 0 Å². The molecule has 0 amide bonds. The summed E-state index contributed by atoms with van der Waals surface area (Å²) in [4.78, 5) is 0. The standard InChI is InChI=1S/C15H16F3NO2/c1-3-19-14(12-7-10(2)20-9-12)11-5-4-6-13(8-11)21-15(16,17)18/h4-9,14,19H,3H2,1-2H3. The summed E-state index contributed by atoms with van der Waals surface area (Å²) in [5.41, 5.74) is 1.54. The number of hydrogen-bond donors (Lipinski definition) is 1. The molecule has 0 spiro atoms. The first kappa shape index (κ1) is 15.4. The van der Waals surface area contributed by atoms with Gasteiger partial charge < -0.3 is 14.5 Å². The molecule has 1 aromatic heterocycles. The van der Waals surface area contributed by atoms with Crippen molar-refractivity contribution >= 4 is 0 Å². The lowest BCUT2D eigenvalue weighted by Gasteiger charge is -2.18. The number of benzene rings is 1. The Hall–Kier alpha value is -1.95. The third-order valence-corrected chi connectivity index (χ3v) is 2.92. The second-order valence-corrected chi connectivity index (χ2v) is 4.60. The zero-order valence-electron chi connectivity index (χ0n) is 11.7. The highest BCUT2D eigenvalue weighted by atomic mass is 19.4. The van der Waals surface area contributed by atoms with Gasteiger partial charge in [-0.3, -0.25) is 0 Å². The van der Waals surface area contributed by atoms with Gasteiger partial charge in [-0.2, -0.15) is 0 Å². The van der Waals surface area contributed by atoms with Crippen molar-refractivity contribution in [2.45, 2.75) is 26.3 Å². The Balaban J connectivity index is 2.30. The van der Waals surface area contributed by atoms with Crippen molar-refractivity contribution in [3.8, 4) is 5.75 Å². The van der Waals surface area contributed by atoms with E-state index in [9.17, 15) is 13.2 Å². The summed E-state index contributed by atoms with van der Waals surface area (Å²) in [5, 5.41) is 3.22. The van der Waals surface area contributed by atoms with E-state index in [4.69, 9.17) is 4.42 Å². The highest BCUT2D eigenvalue weighted by molar-refractivity contribution is 5.36. The second kappa shape index (κ2) is 6.22. The summed E-state index contributed by atoms with van der Waals surface area (Å²) < 4.78 is 46.1. The van der Waals surface area contributed by atoms with Gasteiger partial charge in [0.1, 0.15) is 11.5 Å². The Labute approximate surface area is 120 Å². The molecule has 1 aromatic carbocycles. The summed E-state index contributed by atoms with van der Waals surface area (Å²) >= 11 is 0. The van der Waals surface area contributed by atoms with Crippen LogP contribution in [0.25, 0.3) is 0 Å².